The van der Waals surface area contributed by atoms with Gasteiger partial charge in [0, 0.05) is 24.8 Å². The molecule has 2 rings (SSSR count). The average molecular weight is 347 g/mol. The van der Waals surface area contributed by atoms with Crippen molar-refractivity contribution in [3.8, 4) is 0 Å². The lowest BCUT2D eigenvalue weighted by Crippen LogP contribution is -2.40. The van der Waals surface area contributed by atoms with E-state index in [2.05, 4.69) is 20.7 Å². The van der Waals surface area contributed by atoms with Gasteiger partial charge in [-0.25, -0.2) is 4.99 Å². The highest BCUT2D eigenvalue weighted by molar-refractivity contribution is 5.79. The van der Waals surface area contributed by atoms with Crippen molar-refractivity contribution in [1.29, 1.82) is 0 Å². The molecule has 3 N–H and O–H groups in total. The average Bonchev–Trinajstić information content (AvgIpc) is 3.10. The summed E-state index contributed by atoms with van der Waals surface area (Å²) >= 11 is 0. The van der Waals surface area contributed by atoms with Crippen LogP contribution in [0.5, 0.6) is 0 Å². The Balaban J connectivity index is 1.96. The van der Waals surface area contributed by atoms with Crippen LogP contribution in [-0.2, 0) is 12.1 Å². The first-order valence-corrected chi connectivity index (χ1v) is 8.63. The second kappa shape index (κ2) is 8.20. The molecule has 0 saturated heterocycles. The summed E-state index contributed by atoms with van der Waals surface area (Å²) in [6.45, 7) is 11.9. The fraction of sp³-hybridized carbons (Fsp3) is 0.556. The molecule has 0 spiro atoms. The van der Waals surface area contributed by atoms with E-state index in [0.717, 1.165) is 35.7 Å². The Morgan fingerprint density at radius 2 is 2.12 bits per heavy atom. The standard InChI is InChI=1S/C18H29N5O2/c1-6-19-17(20-7-8-23-11-13(2)10-22-23)21-12-18(5,24)16-9-14(3)25-15(16)4/h9-11,24H,6-8,12H2,1-5H3,(H2,19,20,21). The van der Waals surface area contributed by atoms with E-state index in [1.54, 1.807) is 6.92 Å². The van der Waals surface area contributed by atoms with Crippen LogP contribution in [0.4, 0.5) is 0 Å². The Bertz CT molecular complexity index is 715. The molecule has 0 fully saturated rings. The first-order valence-electron chi connectivity index (χ1n) is 8.63. The predicted octanol–water partition coefficient (Wildman–Crippen LogP) is 1.86. The minimum Gasteiger partial charge on any atom is -0.466 e. The molecule has 1 unspecified atom stereocenters. The number of aliphatic imine (C=N–C) groups is 1. The summed E-state index contributed by atoms with van der Waals surface area (Å²) < 4.78 is 7.41. The fourth-order valence-corrected chi connectivity index (χ4v) is 2.70. The van der Waals surface area contributed by atoms with Crippen LogP contribution < -0.4 is 10.6 Å². The summed E-state index contributed by atoms with van der Waals surface area (Å²) in [5.74, 6) is 2.19. The van der Waals surface area contributed by atoms with Gasteiger partial charge in [-0.1, -0.05) is 0 Å². The zero-order valence-electron chi connectivity index (χ0n) is 15.8. The molecule has 7 heteroatoms. The number of nitrogens with zero attached hydrogens (tertiary/aromatic N) is 3. The van der Waals surface area contributed by atoms with E-state index < -0.39 is 5.60 Å². The summed E-state index contributed by atoms with van der Waals surface area (Å²) in [6.07, 6.45) is 3.84. The Hall–Kier alpha value is -2.28. The van der Waals surface area contributed by atoms with Crippen LogP contribution in [0.3, 0.4) is 0 Å². The molecule has 0 aliphatic carbocycles. The summed E-state index contributed by atoms with van der Waals surface area (Å²) in [6, 6.07) is 1.87. The lowest BCUT2D eigenvalue weighted by molar-refractivity contribution is 0.0657. The van der Waals surface area contributed by atoms with Gasteiger partial charge < -0.3 is 20.2 Å². The van der Waals surface area contributed by atoms with Crippen LogP contribution in [0.15, 0.2) is 27.9 Å². The molecule has 7 nitrogen and oxygen atoms in total. The Labute approximate surface area is 149 Å². The smallest absolute Gasteiger partial charge is 0.191 e. The molecule has 0 aliphatic rings. The number of guanidine groups is 1. The lowest BCUT2D eigenvalue weighted by atomic mass is 9.96. The van der Waals surface area contributed by atoms with Gasteiger partial charge in [0.1, 0.15) is 17.1 Å². The largest absolute Gasteiger partial charge is 0.466 e. The van der Waals surface area contributed by atoms with Gasteiger partial charge in [0.2, 0.25) is 0 Å². The highest BCUT2D eigenvalue weighted by atomic mass is 16.3. The van der Waals surface area contributed by atoms with E-state index >= 15 is 0 Å². The number of aromatic nitrogens is 2. The fourth-order valence-electron chi connectivity index (χ4n) is 2.70. The van der Waals surface area contributed by atoms with Crippen molar-refractivity contribution < 1.29 is 9.52 Å². The molecule has 2 aromatic rings. The van der Waals surface area contributed by atoms with E-state index in [0.29, 0.717) is 12.5 Å². The summed E-state index contributed by atoms with van der Waals surface area (Å²) in [4.78, 5) is 4.52. The minimum atomic E-state index is -1.08. The zero-order chi connectivity index (χ0) is 18.4. The van der Waals surface area contributed by atoms with E-state index in [1.807, 2.05) is 50.8 Å². The second-order valence-corrected chi connectivity index (χ2v) is 6.50. The van der Waals surface area contributed by atoms with Crippen molar-refractivity contribution in [2.75, 3.05) is 19.6 Å². The second-order valence-electron chi connectivity index (χ2n) is 6.50. The molecule has 0 aliphatic heterocycles. The van der Waals surface area contributed by atoms with Gasteiger partial charge in [-0.3, -0.25) is 4.68 Å². The van der Waals surface area contributed by atoms with Crippen molar-refractivity contribution in [3.63, 3.8) is 0 Å². The number of aryl methyl sites for hydroxylation is 3. The molecule has 0 aromatic carbocycles. The molecular formula is C18H29N5O2. The molecule has 0 amide bonds. The van der Waals surface area contributed by atoms with Crippen LogP contribution >= 0.6 is 0 Å². The SMILES string of the molecule is CCNC(=NCC(C)(O)c1cc(C)oc1C)NCCn1cc(C)cn1. The third-order valence-electron chi connectivity index (χ3n) is 3.91. The van der Waals surface area contributed by atoms with Crippen LogP contribution in [-0.4, -0.2) is 40.5 Å². The quantitative estimate of drug-likeness (QED) is 0.526. The maximum Gasteiger partial charge on any atom is 0.191 e. The normalized spacial score (nSPS) is 14.4. The zero-order valence-corrected chi connectivity index (χ0v) is 15.8. The van der Waals surface area contributed by atoms with Gasteiger partial charge in [0.15, 0.2) is 5.96 Å². The van der Waals surface area contributed by atoms with Gasteiger partial charge in [-0.05, 0) is 46.2 Å². The van der Waals surface area contributed by atoms with Crippen LogP contribution in [0, 0.1) is 20.8 Å². The van der Waals surface area contributed by atoms with Gasteiger partial charge in [0.05, 0.1) is 19.3 Å². The Morgan fingerprint density at radius 1 is 1.36 bits per heavy atom. The number of hydrogen-bond donors (Lipinski definition) is 3. The molecule has 0 saturated carbocycles. The maximum atomic E-state index is 10.8. The first kappa shape index (κ1) is 19.1. The van der Waals surface area contributed by atoms with Gasteiger partial charge >= 0.3 is 0 Å². The highest BCUT2D eigenvalue weighted by Gasteiger charge is 2.27. The van der Waals surface area contributed by atoms with E-state index in [1.165, 1.54) is 0 Å². The summed E-state index contributed by atoms with van der Waals surface area (Å²) in [5, 5.41) is 21.5. The van der Waals surface area contributed by atoms with Gasteiger partial charge in [-0.15, -0.1) is 0 Å². The van der Waals surface area contributed by atoms with Crippen molar-refractivity contribution in [2.45, 2.75) is 46.8 Å². The lowest BCUT2D eigenvalue weighted by Gasteiger charge is -2.21. The summed E-state index contributed by atoms with van der Waals surface area (Å²) in [7, 11) is 0. The number of furan rings is 1. The number of aliphatic hydroxyl groups is 1. The van der Waals surface area contributed by atoms with Gasteiger partial charge in [-0.2, -0.15) is 5.10 Å². The summed E-state index contributed by atoms with van der Waals surface area (Å²) in [5.41, 5.74) is 0.836. The topological polar surface area (TPSA) is 87.6 Å². The third kappa shape index (κ3) is 5.35. The Morgan fingerprint density at radius 3 is 2.68 bits per heavy atom. The van der Waals surface area contributed by atoms with E-state index in [9.17, 15) is 5.11 Å². The molecule has 2 heterocycles. The minimum absolute atomic E-state index is 0.239. The Kier molecular flexibility index (Phi) is 6.25. The van der Waals surface area contributed by atoms with Crippen LogP contribution in [0.2, 0.25) is 0 Å². The third-order valence-corrected chi connectivity index (χ3v) is 3.91. The maximum absolute atomic E-state index is 10.8. The van der Waals surface area contributed by atoms with Crippen LogP contribution in [0.25, 0.3) is 0 Å². The molecule has 138 valence electrons. The van der Waals surface area contributed by atoms with E-state index in [4.69, 9.17) is 4.42 Å². The monoisotopic (exact) mass is 347 g/mol. The van der Waals surface area contributed by atoms with Crippen molar-refractivity contribution in [1.82, 2.24) is 20.4 Å². The molecular weight excluding hydrogens is 318 g/mol. The molecule has 25 heavy (non-hydrogen) atoms. The van der Waals surface area contributed by atoms with Crippen molar-refractivity contribution in [2.24, 2.45) is 4.99 Å². The van der Waals surface area contributed by atoms with Crippen LogP contribution in [0.1, 0.15) is 36.5 Å². The van der Waals surface area contributed by atoms with Crippen molar-refractivity contribution in [3.05, 3.63) is 41.1 Å². The predicted molar refractivity (Wildman–Crippen MR) is 98.7 cm³/mol. The molecule has 0 bridgehead atoms. The van der Waals surface area contributed by atoms with Gasteiger partial charge in [0.25, 0.3) is 0 Å². The molecule has 1 atom stereocenters. The number of hydrogen-bond acceptors (Lipinski definition) is 4. The van der Waals surface area contributed by atoms with E-state index in [-0.39, 0.29) is 6.54 Å². The van der Waals surface area contributed by atoms with Crippen molar-refractivity contribution >= 4 is 5.96 Å². The molecule has 0 radical (unpaired) electrons. The highest BCUT2D eigenvalue weighted by Crippen LogP contribution is 2.27. The molecule has 2 aromatic heterocycles. The number of nitrogens with one attached hydrogen (secondary N) is 2. The first-order chi connectivity index (χ1) is 11.8. The number of rotatable bonds is 7.